The number of carbonyl (C=O) groups excluding carboxylic acids is 1. The van der Waals surface area contributed by atoms with Crippen LogP contribution < -0.4 is 5.32 Å². The Labute approximate surface area is 114 Å². The molecular weight excluding hydrogens is 242 g/mol. The second kappa shape index (κ2) is 5.23. The molecule has 1 saturated heterocycles. The number of alkyl carbamates (subject to hydrolysis) is 1. The smallest absolute Gasteiger partial charge is 0.407 e. The summed E-state index contributed by atoms with van der Waals surface area (Å²) in [6.45, 7) is 10.7. The lowest BCUT2D eigenvalue weighted by molar-refractivity contribution is 0.112. The van der Waals surface area contributed by atoms with Crippen LogP contribution in [0, 0.1) is 0 Å². The molecule has 0 aromatic rings. The second-order valence-electron chi connectivity index (χ2n) is 5.59. The van der Waals surface area contributed by atoms with E-state index in [1.807, 2.05) is 20.8 Å². The van der Waals surface area contributed by atoms with E-state index < -0.39 is 0 Å². The molecule has 0 aliphatic carbocycles. The quantitative estimate of drug-likeness (QED) is 0.833. The van der Waals surface area contributed by atoms with E-state index in [2.05, 4.69) is 29.1 Å². The Balaban J connectivity index is 2.03. The summed E-state index contributed by atoms with van der Waals surface area (Å²) in [5.74, 6) is 1.04. The van der Waals surface area contributed by atoms with Crippen molar-refractivity contribution in [1.82, 2.24) is 10.2 Å². The average molecular weight is 265 g/mol. The van der Waals surface area contributed by atoms with Crippen LogP contribution in [0.3, 0.4) is 0 Å². The number of nitrogens with one attached hydrogen (secondary N) is 1. The molecule has 0 aromatic carbocycles. The number of aliphatic imine (C=N–C) groups is 1. The van der Waals surface area contributed by atoms with Gasteiger partial charge in [-0.1, -0.05) is 0 Å². The lowest BCUT2D eigenvalue weighted by atomic mass is 10.0. The fourth-order valence-corrected chi connectivity index (χ4v) is 2.64. The highest BCUT2D eigenvalue weighted by Gasteiger charge is 2.34. The van der Waals surface area contributed by atoms with Gasteiger partial charge >= 0.3 is 6.09 Å². The van der Waals surface area contributed by atoms with Gasteiger partial charge in [0.1, 0.15) is 5.84 Å². The summed E-state index contributed by atoms with van der Waals surface area (Å²) < 4.78 is 5.13. The summed E-state index contributed by atoms with van der Waals surface area (Å²) in [6.07, 6.45) is 0.435. The Kier molecular flexibility index (Phi) is 3.83. The molecule has 2 atom stereocenters. The molecule has 5 heteroatoms. The van der Waals surface area contributed by atoms with Crippen molar-refractivity contribution in [2.75, 3.05) is 6.54 Å². The van der Waals surface area contributed by atoms with Crippen LogP contribution in [0.5, 0.6) is 0 Å². The van der Waals surface area contributed by atoms with Crippen molar-refractivity contribution in [3.63, 3.8) is 0 Å². The summed E-state index contributed by atoms with van der Waals surface area (Å²) in [7, 11) is 0. The van der Waals surface area contributed by atoms with Gasteiger partial charge in [-0.15, -0.1) is 0 Å². The zero-order chi connectivity index (χ0) is 14.2. The molecule has 0 radical (unpaired) electrons. The van der Waals surface area contributed by atoms with E-state index in [4.69, 9.17) is 4.74 Å². The molecule has 0 saturated carbocycles. The van der Waals surface area contributed by atoms with Crippen molar-refractivity contribution in [2.45, 2.75) is 59.2 Å². The number of amidine groups is 1. The number of nitrogens with zero attached hydrogens (tertiary/aromatic N) is 2. The molecule has 0 spiro atoms. The van der Waals surface area contributed by atoms with Crippen LogP contribution in [-0.2, 0) is 4.74 Å². The largest absolute Gasteiger partial charge is 0.447 e. The van der Waals surface area contributed by atoms with Gasteiger partial charge in [-0.3, -0.25) is 4.99 Å². The van der Waals surface area contributed by atoms with Gasteiger partial charge in [0.25, 0.3) is 0 Å². The normalized spacial score (nSPS) is 26.4. The molecule has 0 bridgehead atoms. The minimum Gasteiger partial charge on any atom is -0.447 e. The van der Waals surface area contributed by atoms with Gasteiger partial charge in [0.2, 0.25) is 0 Å². The third-order valence-corrected chi connectivity index (χ3v) is 3.69. The molecule has 2 unspecified atom stereocenters. The van der Waals surface area contributed by atoms with Crippen LogP contribution in [0.2, 0.25) is 0 Å². The number of carbonyl (C=O) groups is 1. The Bertz CT molecular complexity index is 440. The predicted octanol–water partition coefficient (Wildman–Crippen LogP) is 2.29. The van der Waals surface area contributed by atoms with Crippen LogP contribution in [-0.4, -0.2) is 41.6 Å². The van der Waals surface area contributed by atoms with Gasteiger partial charge in [0.05, 0.1) is 18.2 Å². The zero-order valence-corrected chi connectivity index (χ0v) is 12.4. The summed E-state index contributed by atoms with van der Waals surface area (Å²) in [4.78, 5) is 18.5. The molecule has 2 aliphatic heterocycles. The van der Waals surface area contributed by atoms with Crippen molar-refractivity contribution >= 4 is 11.9 Å². The number of rotatable bonds is 2. The van der Waals surface area contributed by atoms with Crippen LogP contribution in [0.1, 0.15) is 41.0 Å². The molecule has 1 N–H and O–H groups in total. The second-order valence-corrected chi connectivity index (χ2v) is 5.59. The van der Waals surface area contributed by atoms with Gasteiger partial charge in [0, 0.05) is 18.7 Å². The lowest BCUT2D eigenvalue weighted by Crippen LogP contribution is -2.39. The van der Waals surface area contributed by atoms with Gasteiger partial charge in [0.15, 0.2) is 0 Å². The molecule has 5 nitrogen and oxygen atoms in total. The van der Waals surface area contributed by atoms with Crippen molar-refractivity contribution in [3.8, 4) is 0 Å². The molecule has 2 aliphatic rings. The molecule has 1 fully saturated rings. The van der Waals surface area contributed by atoms with Gasteiger partial charge in [-0.2, -0.15) is 0 Å². The lowest BCUT2D eigenvalue weighted by Gasteiger charge is -2.28. The first-order valence-electron chi connectivity index (χ1n) is 6.87. The first-order valence-corrected chi connectivity index (χ1v) is 6.87. The highest BCUT2D eigenvalue weighted by Crippen LogP contribution is 2.31. The Morgan fingerprint density at radius 2 is 2.16 bits per heavy atom. The van der Waals surface area contributed by atoms with Crippen LogP contribution in [0.4, 0.5) is 4.79 Å². The number of amides is 1. The Morgan fingerprint density at radius 1 is 1.47 bits per heavy atom. The van der Waals surface area contributed by atoms with E-state index in [-0.39, 0.29) is 24.3 Å². The molecule has 2 heterocycles. The van der Waals surface area contributed by atoms with Gasteiger partial charge < -0.3 is 15.0 Å². The van der Waals surface area contributed by atoms with E-state index in [0.29, 0.717) is 0 Å². The van der Waals surface area contributed by atoms with E-state index in [1.165, 1.54) is 11.3 Å². The SMILES string of the molecule is CC1=NC(C)C(C)=C2CC(NC(=O)OC(C)C)CN12. The van der Waals surface area contributed by atoms with Crippen LogP contribution in [0.15, 0.2) is 16.3 Å². The van der Waals surface area contributed by atoms with E-state index in [1.54, 1.807) is 0 Å². The Morgan fingerprint density at radius 3 is 2.79 bits per heavy atom. The van der Waals surface area contributed by atoms with E-state index in [0.717, 1.165) is 18.8 Å². The zero-order valence-electron chi connectivity index (χ0n) is 12.4. The molecule has 0 aromatic heterocycles. The fourth-order valence-electron chi connectivity index (χ4n) is 2.64. The Hall–Kier alpha value is -1.52. The molecular formula is C14H23N3O2. The monoisotopic (exact) mass is 265 g/mol. The van der Waals surface area contributed by atoms with Gasteiger partial charge in [-0.25, -0.2) is 4.79 Å². The summed E-state index contributed by atoms with van der Waals surface area (Å²) in [5.41, 5.74) is 2.60. The topological polar surface area (TPSA) is 53.9 Å². The summed E-state index contributed by atoms with van der Waals surface area (Å²) in [6, 6.07) is 0.347. The molecule has 2 rings (SSSR count). The highest BCUT2D eigenvalue weighted by atomic mass is 16.6. The van der Waals surface area contributed by atoms with Gasteiger partial charge in [-0.05, 0) is 40.2 Å². The van der Waals surface area contributed by atoms with Crippen molar-refractivity contribution in [3.05, 3.63) is 11.3 Å². The van der Waals surface area contributed by atoms with E-state index >= 15 is 0 Å². The van der Waals surface area contributed by atoms with Crippen molar-refractivity contribution in [1.29, 1.82) is 0 Å². The standard InChI is InChI=1S/C14H23N3O2/c1-8(2)19-14(18)16-12-6-13-9(3)10(4)15-11(5)17(13)7-12/h8,10,12H,6-7H2,1-5H3,(H,16,18). The molecule has 19 heavy (non-hydrogen) atoms. The number of hydrogen-bond acceptors (Lipinski definition) is 4. The highest BCUT2D eigenvalue weighted by molar-refractivity contribution is 5.84. The average Bonchev–Trinajstić information content (AvgIpc) is 2.69. The third kappa shape index (κ3) is 2.91. The minimum atomic E-state index is -0.333. The van der Waals surface area contributed by atoms with Crippen molar-refractivity contribution < 1.29 is 9.53 Å². The summed E-state index contributed by atoms with van der Waals surface area (Å²) in [5, 5.41) is 2.93. The summed E-state index contributed by atoms with van der Waals surface area (Å²) >= 11 is 0. The van der Waals surface area contributed by atoms with Crippen LogP contribution in [0.25, 0.3) is 0 Å². The molecule has 1 amide bonds. The van der Waals surface area contributed by atoms with Crippen molar-refractivity contribution in [2.24, 2.45) is 4.99 Å². The first kappa shape index (κ1) is 13.9. The maximum Gasteiger partial charge on any atom is 0.407 e. The predicted molar refractivity (Wildman–Crippen MR) is 75.1 cm³/mol. The first-order chi connectivity index (χ1) is 8.88. The van der Waals surface area contributed by atoms with Crippen LogP contribution >= 0.6 is 0 Å². The fraction of sp³-hybridized carbons (Fsp3) is 0.714. The maximum atomic E-state index is 11.6. The maximum absolute atomic E-state index is 11.6. The number of fused-ring (bicyclic) bond motifs is 1. The molecule has 106 valence electrons. The third-order valence-electron chi connectivity index (χ3n) is 3.69. The van der Waals surface area contributed by atoms with E-state index in [9.17, 15) is 4.79 Å². The number of hydrogen-bond donors (Lipinski definition) is 1. The number of ether oxygens (including phenoxy) is 1. The minimum absolute atomic E-state index is 0.0896.